The van der Waals surface area contributed by atoms with Gasteiger partial charge in [0.15, 0.2) is 5.78 Å². The molecule has 0 amide bonds. The number of carbonyl (C=O) groups is 1. The van der Waals surface area contributed by atoms with Gasteiger partial charge >= 0.3 is 0 Å². The van der Waals surface area contributed by atoms with Gasteiger partial charge in [0.05, 0.1) is 0 Å². The van der Waals surface area contributed by atoms with Crippen LogP contribution in [0.5, 0.6) is 0 Å². The van der Waals surface area contributed by atoms with Crippen molar-refractivity contribution in [1.29, 1.82) is 0 Å². The van der Waals surface area contributed by atoms with E-state index in [1.807, 2.05) is 31.2 Å². The maximum Gasteiger partial charge on any atom is 0.162 e. The summed E-state index contributed by atoms with van der Waals surface area (Å²) in [6, 6.07) is 7.72. The van der Waals surface area contributed by atoms with Crippen LogP contribution in [-0.4, -0.2) is 11.3 Å². The molecular weight excluding hydrogens is 198 g/mol. The molecule has 0 fully saturated rings. The van der Waals surface area contributed by atoms with Gasteiger partial charge in [0.2, 0.25) is 0 Å². The molecule has 16 heavy (non-hydrogen) atoms. The van der Waals surface area contributed by atoms with Crippen molar-refractivity contribution in [3.63, 3.8) is 0 Å². The van der Waals surface area contributed by atoms with Crippen LogP contribution in [0.2, 0.25) is 0 Å². The minimum atomic E-state index is 0.0935. The van der Waals surface area contributed by atoms with E-state index in [-0.39, 0.29) is 11.3 Å². The van der Waals surface area contributed by atoms with Crippen molar-refractivity contribution in [2.75, 3.05) is 5.32 Å². The number of benzene rings is 1. The molecular formula is C14H21NO. The maximum atomic E-state index is 11.4. The van der Waals surface area contributed by atoms with Gasteiger partial charge in [-0.2, -0.15) is 0 Å². The quantitative estimate of drug-likeness (QED) is 0.761. The third-order valence-corrected chi connectivity index (χ3v) is 2.89. The number of carbonyl (C=O) groups excluding carboxylic acids is 1. The number of Topliss-reactive ketones (excluding diaryl/α,β-unsaturated/α-hetero) is 1. The highest BCUT2D eigenvalue weighted by Crippen LogP contribution is 2.18. The van der Waals surface area contributed by atoms with Gasteiger partial charge in [-0.25, -0.2) is 0 Å². The Morgan fingerprint density at radius 2 is 1.75 bits per heavy atom. The van der Waals surface area contributed by atoms with Crippen molar-refractivity contribution in [3.8, 4) is 0 Å². The fraction of sp³-hybridized carbons (Fsp3) is 0.500. The average molecular weight is 219 g/mol. The third-order valence-electron chi connectivity index (χ3n) is 2.89. The maximum absolute atomic E-state index is 11.4. The van der Waals surface area contributed by atoms with E-state index in [9.17, 15) is 4.79 Å². The fourth-order valence-corrected chi connectivity index (χ4v) is 1.42. The zero-order chi connectivity index (χ0) is 12.2. The normalized spacial score (nSPS) is 11.2. The van der Waals surface area contributed by atoms with Crippen LogP contribution >= 0.6 is 0 Å². The predicted molar refractivity (Wildman–Crippen MR) is 69.1 cm³/mol. The number of ketones is 1. The van der Waals surface area contributed by atoms with Crippen LogP contribution in [0.1, 0.15) is 50.9 Å². The molecule has 0 bridgehead atoms. The molecule has 2 nitrogen and oxygen atoms in total. The number of nitrogens with one attached hydrogen (secondary N) is 1. The molecule has 0 unspecified atom stereocenters. The molecule has 1 rings (SSSR count). The first kappa shape index (κ1) is 12.8. The Kier molecular flexibility index (Phi) is 4.11. The average Bonchev–Trinajstić information content (AvgIpc) is 2.28. The Morgan fingerprint density at radius 3 is 2.19 bits per heavy atom. The molecule has 0 saturated carbocycles. The van der Waals surface area contributed by atoms with Crippen LogP contribution in [0.4, 0.5) is 5.69 Å². The number of rotatable bonds is 5. The lowest BCUT2D eigenvalue weighted by atomic mass is 10.0. The van der Waals surface area contributed by atoms with Crippen LogP contribution in [-0.2, 0) is 0 Å². The standard InChI is InChI=1S/C14H21NO/c1-5-13(16)11-7-9-12(10-8-11)15-14(3,4)6-2/h7-10,15H,5-6H2,1-4H3. The van der Waals surface area contributed by atoms with Crippen LogP contribution in [0, 0.1) is 0 Å². The molecule has 0 saturated heterocycles. The number of anilines is 1. The highest BCUT2D eigenvalue weighted by atomic mass is 16.1. The molecule has 2 heteroatoms. The summed E-state index contributed by atoms with van der Waals surface area (Å²) in [5, 5.41) is 3.44. The van der Waals surface area contributed by atoms with E-state index in [1.165, 1.54) is 0 Å². The largest absolute Gasteiger partial charge is 0.380 e. The van der Waals surface area contributed by atoms with E-state index in [1.54, 1.807) is 0 Å². The molecule has 88 valence electrons. The van der Waals surface area contributed by atoms with Crippen molar-refractivity contribution in [3.05, 3.63) is 29.8 Å². The van der Waals surface area contributed by atoms with Gasteiger partial charge in [0.1, 0.15) is 0 Å². The Morgan fingerprint density at radius 1 is 1.19 bits per heavy atom. The van der Waals surface area contributed by atoms with Gasteiger partial charge < -0.3 is 5.32 Å². The summed E-state index contributed by atoms with van der Waals surface area (Å²) in [7, 11) is 0. The smallest absolute Gasteiger partial charge is 0.162 e. The van der Waals surface area contributed by atoms with Gasteiger partial charge in [0, 0.05) is 23.2 Å². The summed E-state index contributed by atoms with van der Waals surface area (Å²) >= 11 is 0. The molecule has 0 aromatic heterocycles. The van der Waals surface area contributed by atoms with Gasteiger partial charge in [0.25, 0.3) is 0 Å². The third kappa shape index (κ3) is 3.37. The SMILES string of the molecule is CCC(=O)c1ccc(NC(C)(C)CC)cc1. The fourth-order valence-electron chi connectivity index (χ4n) is 1.42. The van der Waals surface area contributed by atoms with Gasteiger partial charge in [-0.15, -0.1) is 0 Å². The van der Waals surface area contributed by atoms with Gasteiger partial charge in [-0.05, 0) is 44.5 Å². The summed E-state index contributed by atoms with van der Waals surface area (Å²) in [6.07, 6.45) is 1.62. The molecule has 0 aliphatic heterocycles. The lowest BCUT2D eigenvalue weighted by Gasteiger charge is -2.26. The zero-order valence-corrected chi connectivity index (χ0v) is 10.6. The summed E-state index contributed by atoms with van der Waals surface area (Å²) in [4.78, 5) is 11.4. The lowest BCUT2D eigenvalue weighted by Crippen LogP contribution is -2.29. The van der Waals surface area contributed by atoms with Gasteiger partial charge in [-0.1, -0.05) is 13.8 Å². The zero-order valence-electron chi connectivity index (χ0n) is 10.6. The summed E-state index contributed by atoms with van der Waals surface area (Å²) in [5.74, 6) is 0.196. The molecule has 0 heterocycles. The van der Waals surface area contributed by atoms with Crippen molar-refractivity contribution >= 4 is 11.5 Å². The first-order chi connectivity index (χ1) is 7.48. The first-order valence-corrected chi connectivity index (χ1v) is 5.90. The molecule has 1 aromatic rings. The number of hydrogen-bond acceptors (Lipinski definition) is 2. The van der Waals surface area contributed by atoms with Crippen LogP contribution in [0.25, 0.3) is 0 Å². The van der Waals surface area contributed by atoms with Crippen LogP contribution in [0.15, 0.2) is 24.3 Å². The molecule has 0 aliphatic rings. The second-order valence-corrected chi connectivity index (χ2v) is 4.72. The van der Waals surface area contributed by atoms with E-state index in [4.69, 9.17) is 0 Å². The van der Waals surface area contributed by atoms with Crippen LogP contribution < -0.4 is 5.32 Å². The van der Waals surface area contributed by atoms with E-state index >= 15 is 0 Å². The minimum Gasteiger partial charge on any atom is -0.380 e. The molecule has 0 atom stereocenters. The van der Waals surface area contributed by atoms with E-state index in [0.717, 1.165) is 17.7 Å². The highest BCUT2D eigenvalue weighted by molar-refractivity contribution is 5.96. The van der Waals surface area contributed by atoms with E-state index in [0.29, 0.717) is 6.42 Å². The second-order valence-electron chi connectivity index (χ2n) is 4.72. The topological polar surface area (TPSA) is 29.1 Å². The van der Waals surface area contributed by atoms with Crippen molar-refractivity contribution < 1.29 is 4.79 Å². The molecule has 0 spiro atoms. The van der Waals surface area contributed by atoms with Crippen molar-refractivity contribution in [2.45, 2.75) is 46.1 Å². The van der Waals surface area contributed by atoms with Crippen molar-refractivity contribution in [1.82, 2.24) is 0 Å². The summed E-state index contributed by atoms with van der Waals surface area (Å²) in [5.41, 5.74) is 1.96. The highest BCUT2D eigenvalue weighted by Gasteiger charge is 2.14. The van der Waals surface area contributed by atoms with Gasteiger partial charge in [-0.3, -0.25) is 4.79 Å². The van der Waals surface area contributed by atoms with E-state index in [2.05, 4.69) is 26.1 Å². The predicted octanol–water partition coefficient (Wildman–Crippen LogP) is 3.88. The minimum absolute atomic E-state index is 0.0935. The first-order valence-electron chi connectivity index (χ1n) is 5.90. The van der Waals surface area contributed by atoms with Crippen LogP contribution in [0.3, 0.4) is 0 Å². The Bertz CT molecular complexity index is 352. The lowest BCUT2D eigenvalue weighted by molar-refractivity contribution is 0.0988. The second kappa shape index (κ2) is 5.15. The molecule has 1 aromatic carbocycles. The molecule has 0 aliphatic carbocycles. The Balaban J connectivity index is 2.76. The Labute approximate surface area is 98.1 Å². The monoisotopic (exact) mass is 219 g/mol. The Hall–Kier alpha value is -1.31. The van der Waals surface area contributed by atoms with E-state index < -0.39 is 0 Å². The summed E-state index contributed by atoms with van der Waals surface area (Å²) in [6.45, 7) is 8.37. The van der Waals surface area contributed by atoms with Crippen molar-refractivity contribution in [2.24, 2.45) is 0 Å². The molecule has 1 N–H and O–H groups in total. The number of hydrogen-bond donors (Lipinski definition) is 1. The molecule has 0 radical (unpaired) electrons. The summed E-state index contributed by atoms with van der Waals surface area (Å²) < 4.78 is 0.